The van der Waals surface area contributed by atoms with E-state index < -0.39 is 6.16 Å². The van der Waals surface area contributed by atoms with Gasteiger partial charge in [-0.1, -0.05) is 0 Å². The zero-order valence-corrected chi connectivity index (χ0v) is 9.03. The Morgan fingerprint density at radius 3 is 1.44 bits per heavy atom. The summed E-state index contributed by atoms with van der Waals surface area (Å²) in [6, 6.07) is 0. The van der Waals surface area contributed by atoms with Crippen LogP contribution in [0.1, 0.15) is 0 Å². The van der Waals surface area contributed by atoms with Gasteiger partial charge in [0, 0.05) is 0 Å². The molecule has 0 amide bonds. The van der Waals surface area contributed by atoms with Gasteiger partial charge in [-0.3, -0.25) is 10.5 Å². The first-order chi connectivity index (χ1) is 3.27. The maximum atomic E-state index is 8.72. The Balaban J connectivity index is -0.0000000286. The normalized spacial score (nSPS) is 4.33. The van der Waals surface area contributed by atoms with E-state index in [0.717, 1.165) is 0 Å². The number of carboxylic acid groups (broad SMARTS) is 1. The molecule has 0 spiro atoms. The van der Waals surface area contributed by atoms with E-state index >= 15 is 0 Å². The van der Waals surface area contributed by atoms with Crippen LogP contribution in [0.5, 0.6) is 0 Å². The summed E-state index contributed by atoms with van der Waals surface area (Å²) in [7, 11) is 0. The predicted molar refractivity (Wildman–Crippen MR) is 11.7 cm³/mol. The number of carbonyl (C=O) groups is 1. The summed E-state index contributed by atoms with van der Waals surface area (Å²) in [5.74, 6) is 0. The summed E-state index contributed by atoms with van der Waals surface area (Å²) in [6.07, 6.45) is -2.05. The van der Waals surface area contributed by atoms with Crippen LogP contribution in [-0.2, 0) is 4.89 Å². The van der Waals surface area contributed by atoms with Gasteiger partial charge in [0.05, 0.1) is 0 Å². The molecule has 0 fully saturated rings. The first-order valence-corrected chi connectivity index (χ1v) is 0.979. The molecular formula is CH2Na2O6. The van der Waals surface area contributed by atoms with Crippen molar-refractivity contribution < 1.29 is 89.7 Å². The molecule has 0 saturated carbocycles. The van der Waals surface area contributed by atoms with Crippen LogP contribution in [-0.4, -0.2) is 16.7 Å². The van der Waals surface area contributed by atoms with Gasteiger partial charge in [0.2, 0.25) is 6.16 Å². The van der Waals surface area contributed by atoms with E-state index in [0.29, 0.717) is 0 Å². The molecule has 9 heavy (non-hydrogen) atoms. The van der Waals surface area contributed by atoms with Crippen LogP contribution in [0.4, 0.5) is 4.79 Å². The molecule has 0 aliphatic heterocycles. The Kier molecular flexibility index (Phi) is 57.2. The van der Waals surface area contributed by atoms with Crippen molar-refractivity contribution in [2.45, 2.75) is 0 Å². The van der Waals surface area contributed by atoms with Crippen LogP contribution < -0.4 is 69.5 Å². The minimum absolute atomic E-state index is 0. The molecule has 0 atom stereocenters. The molecule has 8 heteroatoms. The first kappa shape index (κ1) is 22.5. The number of rotatable bonds is 0. The van der Waals surface area contributed by atoms with Crippen molar-refractivity contribution >= 4 is 6.16 Å². The smallest absolute Gasteiger partial charge is 0.755 e. The van der Waals surface area contributed by atoms with Gasteiger partial charge in [-0.05, 0) is 0 Å². The van der Waals surface area contributed by atoms with Crippen molar-refractivity contribution in [3.63, 3.8) is 0 Å². The van der Waals surface area contributed by atoms with E-state index in [1.807, 2.05) is 0 Å². The summed E-state index contributed by atoms with van der Waals surface area (Å²) in [6.45, 7) is 0. The van der Waals surface area contributed by atoms with Crippen LogP contribution in [0.2, 0.25) is 0 Å². The molecule has 0 saturated heterocycles. The van der Waals surface area contributed by atoms with Crippen molar-refractivity contribution in [2.75, 3.05) is 0 Å². The SMILES string of the molecule is O=C([O-])O[O-].OO.[Na+].[Na+]. The van der Waals surface area contributed by atoms with Crippen molar-refractivity contribution in [2.24, 2.45) is 0 Å². The Labute approximate surface area is 94.9 Å². The molecule has 0 aromatic carbocycles. The van der Waals surface area contributed by atoms with Crippen molar-refractivity contribution in [3.05, 3.63) is 0 Å². The molecule has 6 nitrogen and oxygen atoms in total. The summed E-state index contributed by atoms with van der Waals surface area (Å²) in [5.41, 5.74) is 0. The van der Waals surface area contributed by atoms with Gasteiger partial charge in [-0.25, -0.2) is 0 Å². The summed E-state index contributed by atoms with van der Waals surface area (Å²) >= 11 is 0. The van der Waals surface area contributed by atoms with Crippen LogP contribution >= 0.6 is 0 Å². The second-order valence-corrected chi connectivity index (χ2v) is 0.333. The zero-order valence-electron chi connectivity index (χ0n) is 5.03. The summed E-state index contributed by atoms with van der Waals surface area (Å²) in [4.78, 5) is 11.0. The van der Waals surface area contributed by atoms with Gasteiger partial charge in [-0.2, -0.15) is 0 Å². The Hall–Kier alpha value is 1.15. The van der Waals surface area contributed by atoms with Crippen LogP contribution in [0.3, 0.4) is 0 Å². The topological polar surface area (TPSA) is 113 Å². The van der Waals surface area contributed by atoms with Crippen LogP contribution in [0.15, 0.2) is 0 Å². The number of hydrogen-bond acceptors (Lipinski definition) is 6. The molecule has 0 rings (SSSR count). The van der Waals surface area contributed by atoms with Crippen molar-refractivity contribution in [1.82, 2.24) is 0 Å². The average molecular weight is 156 g/mol. The van der Waals surface area contributed by atoms with Gasteiger partial charge in [0.25, 0.3) is 0 Å². The monoisotopic (exact) mass is 156 g/mol. The second-order valence-electron chi connectivity index (χ2n) is 0.333. The Morgan fingerprint density at radius 2 is 1.44 bits per heavy atom. The molecule has 0 radical (unpaired) electrons. The average Bonchev–Trinajstić information content (AvgIpc) is 1.73. The maximum absolute atomic E-state index is 8.72. The molecule has 0 aliphatic carbocycles. The Morgan fingerprint density at radius 1 is 1.33 bits per heavy atom. The molecule has 0 aromatic heterocycles. The Bertz CT molecular complexity index is 46.3. The third-order valence-corrected chi connectivity index (χ3v) is 0.0680. The predicted octanol–water partition coefficient (Wildman–Crippen LogP) is -8.35. The standard InChI is InChI=1S/CH2O4.2Na.H2O2/c2-1(3)5-4;;;1-2/h4H,(H,2,3);;;1-2H/q;2*+1;/p-2. The first-order valence-electron chi connectivity index (χ1n) is 0.979. The number of carbonyl (C=O) groups excluding carboxylic acids is 1. The van der Waals surface area contributed by atoms with Gasteiger partial charge >= 0.3 is 59.1 Å². The van der Waals surface area contributed by atoms with Crippen molar-refractivity contribution in [1.29, 1.82) is 0 Å². The summed E-state index contributed by atoms with van der Waals surface area (Å²) < 4.78 is 0. The van der Waals surface area contributed by atoms with E-state index in [4.69, 9.17) is 25.7 Å². The molecule has 2 N–H and O–H groups in total. The van der Waals surface area contributed by atoms with Crippen LogP contribution in [0, 0.1) is 0 Å². The van der Waals surface area contributed by atoms with E-state index in [1.165, 1.54) is 0 Å². The molecule has 0 aliphatic rings. The minimum atomic E-state index is -2.05. The van der Waals surface area contributed by atoms with Gasteiger partial charge < -0.3 is 20.0 Å². The quantitative estimate of drug-likeness (QED) is 0.204. The van der Waals surface area contributed by atoms with Gasteiger partial charge in [0.15, 0.2) is 0 Å². The van der Waals surface area contributed by atoms with Crippen molar-refractivity contribution in [3.8, 4) is 0 Å². The maximum Gasteiger partial charge on any atom is 1.00 e. The molecular weight excluding hydrogens is 154 g/mol. The molecule has 44 valence electrons. The summed E-state index contributed by atoms with van der Waals surface area (Å²) in [5, 5.41) is 29.2. The minimum Gasteiger partial charge on any atom is -0.755 e. The molecule has 0 unspecified atom stereocenters. The van der Waals surface area contributed by atoms with E-state index in [9.17, 15) is 0 Å². The largest absolute Gasteiger partial charge is 1.00 e. The van der Waals surface area contributed by atoms with E-state index in [2.05, 4.69) is 4.89 Å². The number of hydrogen-bond donors (Lipinski definition) is 2. The second kappa shape index (κ2) is 22.9. The zero-order chi connectivity index (χ0) is 6.28. The van der Waals surface area contributed by atoms with E-state index in [-0.39, 0.29) is 59.1 Å². The molecule has 0 heterocycles. The molecule has 0 bridgehead atoms. The fraction of sp³-hybridized carbons (Fsp3) is 0. The molecule has 0 aromatic rings. The fourth-order valence-corrected chi connectivity index (χ4v) is 0. The van der Waals surface area contributed by atoms with Gasteiger partial charge in [0.1, 0.15) is 0 Å². The van der Waals surface area contributed by atoms with E-state index in [1.54, 1.807) is 0 Å². The van der Waals surface area contributed by atoms with Crippen LogP contribution in [0.25, 0.3) is 0 Å². The van der Waals surface area contributed by atoms with Gasteiger partial charge in [-0.15, -0.1) is 0 Å². The fourth-order valence-electron chi connectivity index (χ4n) is 0. The third-order valence-electron chi connectivity index (χ3n) is 0.0680. The third kappa shape index (κ3) is 47.1.